The highest BCUT2D eigenvalue weighted by molar-refractivity contribution is 7.93. The first-order valence-electron chi connectivity index (χ1n) is 10.3. The number of piperidine rings is 1. The van der Waals surface area contributed by atoms with Gasteiger partial charge in [0.05, 0.1) is 11.6 Å². The van der Waals surface area contributed by atoms with E-state index < -0.39 is 45.3 Å². The Balaban J connectivity index is 1.82. The number of hydrogen-bond donors (Lipinski definition) is 1. The second kappa shape index (κ2) is 9.77. The van der Waals surface area contributed by atoms with Crippen molar-refractivity contribution in [1.29, 1.82) is 0 Å². The van der Waals surface area contributed by atoms with Gasteiger partial charge in [0.15, 0.2) is 21.5 Å². The van der Waals surface area contributed by atoms with E-state index in [0.29, 0.717) is 18.7 Å². The van der Waals surface area contributed by atoms with Crippen LogP contribution in [0.5, 0.6) is 0 Å². The molecule has 1 heterocycles. The first-order valence-corrected chi connectivity index (χ1v) is 12.2. The molecule has 0 radical (unpaired) electrons. The lowest BCUT2D eigenvalue weighted by atomic mass is 9.94. The van der Waals surface area contributed by atoms with Gasteiger partial charge in [-0.1, -0.05) is 18.2 Å². The lowest BCUT2D eigenvalue weighted by molar-refractivity contribution is 0.0943. The number of rotatable bonds is 6. The van der Waals surface area contributed by atoms with Crippen LogP contribution in [0.2, 0.25) is 0 Å². The van der Waals surface area contributed by atoms with Gasteiger partial charge in [-0.3, -0.25) is 4.79 Å². The van der Waals surface area contributed by atoms with Crippen LogP contribution in [-0.4, -0.2) is 33.2 Å². The molecule has 1 aliphatic heterocycles. The molecule has 1 N–H and O–H groups in total. The Bertz CT molecular complexity index is 1140. The summed E-state index contributed by atoms with van der Waals surface area (Å²) >= 11 is 0. The maximum absolute atomic E-state index is 14.8. The number of hydrogen-bond acceptors (Lipinski definition) is 4. The van der Waals surface area contributed by atoms with Gasteiger partial charge in [-0.15, -0.1) is 0 Å². The third kappa shape index (κ3) is 5.70. The number of nitrogens with zero attached hydrogens (tertiary/aromatic N) is 1. The maximum atomic E-state index is 14.8. The summed E-state index contributed by atoms with van der Waals surface area (Å²) in [7, 11) is -3.34. The minimum atomic E-state index is -3.34. The molecule has 0 bridgehead atoms. The SMILES string of the molecule is C[C@H](/C=C/S(C)(=O)=O)NC(=O)c1ccc(N2CCCC[C@@H]2c2cccc(F)c2F)cc1F. The molecule has 0 aromatic heterocycles. The number of amides is 1. The van der Waals surface area contributed by atoms with Gasteiger partial charge in [0.1, 0.15) is 5.82 Å². The highest BCUT2D eigenvalue weighted by Crippen LogP contribution is 2.37. The Hall–Kier alpha value is -2.81. The van der Waals surface area contributed by atoms with E-state index in [1.165, 1.54) is 30.3 Å². The number of carbonyl (C=O) groups excluding carboxylic acids is 1. The van der Waals surface area contributed by atoms with Crippen LogP contribution in [0.25, 0.3) is 0 Å². The molecule has 0 aliphatic carbocycles. The quantitative estimate of drug-likeness (QED) is 0.680. The van der Waals surface area contributed by atoms with Crippen molar-refractivity contribution in [1.82, 2.24) is 5.32 Å². The van der Waals surface area contributed by atoms with Crippen LogP contribution >= 0.6 is 0 Å². The highest BCUT2D eigenvalue weighted by Gasteiger charge is 2.28. The van der Waals surface area contributed by atoms with Crippen LogP contribution in [0.15, 0.2) is 47.9 Å². The fourth-order valence-corrected chi connectivity index (χ4v) is 4.32. The number of anilines is 1. The molecule has 2 aromatic rings. The number of carbonyl (C=O) groups is 1. The van der Waals surface area contributed by atoms with E-state index in [4.69, 9.17) is 0 Å². The van der Waals surface area contributed by atoms with Gasteiger partial charge in [0.25, 0.3) is 5.91 Å². The summed E-state index contributed by atoms with van der Waals surface area (Å²) in [5.74, 6) is -3.28. The van der Waals surface area contributed by atoms with Gasteiger partial charge >= 0.3 is 0 Å². The van der Waals surface area contributed by atoms with Crippen LogP contribution in [-0.2, 0) is 9.84 Å². The van der Waals surface area contributed by atoms with E-state index in [1.807, 2.05) is 4.90 Å². The molecule has 0 saturated carbocycles. The molecule has 2 atom stereocenters. The Morgan fingerprint density at radius 1 is 1.16 bits per heavy atom. The maximum Gasteiger partial charge on any atom is 0.254 e. The molecular weight excluding hydrogens is 441 g/mol. The van der Waals surface area contributed by atoms with Crippen molar-refractivity contribution in [3.05, 3.63) is 76.5 Å². The van der Waals surface area contributed by atoms with Gasteiger partial charge in [0, 0.05) is 35.5 Å². The zero-order valence-electron chi connectivity index (χ0n) is 17.8. The zero-order chi connectivity index (χ0) is 23.5. The monoisotopic (exact) mass is 466 g/mol. The Morgan fingerprint density at radius 3 is 2.59 bits per heavy atom. The van der Waals surface area contributed by atoms with Crippen LogP contribution in [0.3, 0.4) is 0 Å². The minimum Gasteiger partial charge on any atom is -0.364 e. The molecule has 0 unspecified atom stereocenters. The van der Waals surface area contributed by atoms with E-state index in [0.717, 1.165) is 30.6 Å². The second-order valence-corrected chi connectivity index (χ2v) is 9.86. The molecule has 2 aromatic carbocycles. The van der Waals surface area contributed by atoms with Gasteiger partial charge in [-0.2, -0.15) is 0 Å². The summed E-state index contributed by atoms with van der Waals surface area (Å²) in [5, 5.41) is 3.49. The summed E-state index contributed by atoms with van der Waals surface area (Å²) in [6, 6.07) is 7.09. The largest absolute Gasteiger partial charge is 0.364 e. The van der Waals surface area contributed by atoms with E-state index in [2.05, 4.69) is 5.32 Å². The summed E-state index contributed by atoms with van der Waals surface area (Å²) in [5.41, 5.74) is 0.495. The predicted molar refractivity (Wildman–Crippen MR) is 118 cm³/mol. The fraction of sp³-hybridized carbons (Fsp3) is 0.348. The highest BCUT2D eigenvalue weighted by atomic mass is 32.2. The fourth-order valence-electron chi connectivity index (χ4n) is 3.80. The Morgan fingerprint density at radius 2 is 1.91 bits per heavy atom. The molecule has 9 heteroatoms. The van der Waals surface area contributed by atoms with Crippen LogP contribution in [0.4, 0.5) is 18.9 Å². The summed E-state index contributed by atoms with van der Waals surface area (Å²) in [4.78, 5) is 14.2. The predicted octanol–water partition coefficient (Wildman–Crippen LogP) is 4.51. The van der Waals surface area contributed by atoms with Gasteiger partial charge in [0.2, 0.25) is 0 Å². The number of benzene rings is 2. The van der Waals surface area contributed by atoms with Crippen molar-refractivity contribution in [2.75, 3.05) is 17.7 Å². The smallest absolute Gasteiger partial charge is 0.254 e. The Labute approximate surface area is 185 Å². The lowest BCUT2D eigenvalue weighted by Gasteiger charge is -2.38. The van der Waals surface area contributed by atoms with Crippen molar-refractivity contribution in [2.45, 2.75) is 38.3 Å². The molecule has 3 rings (SSSR count). The van der Waals surface area contributed by atoms with Crippen LogP contribution in [0.1, 0.15) is 48.1 Å². The van der Waals surface area contributed by atoms with Crippen molar-refractivity contribution in [3.63, 3.8) is 0 Å². The average Bonchev–Trinajstić information content (AvgIpc) is 2.73. The van der Waals surface area contributed by atoms with Crippen LogP contribution < -0.4 is 10.2 Å². The zero-order valence-corrected chi connectivity index (χ0v) is 18.6. The van der Waals surface area contributed by atoms with E-state index in [9.17, 15) is 26.4 Å². The Kier molecular flexibility index (Phi) is 7.28. The normalized spacial score (nSPS) is 18.0. The summed E-state index contributed by atoms with van der Waals surface area (Å²) < 4.78 is 65.4. The second-order valence-electron chi connectivity index (χ2n) is 7.93. The average molecular weight is 467 g/mol. The summed E-state index contributed by atoms with van der Waals surface area (Å²) in [6.07, 6.45) is 4.57. The van der Waals surface area contributed by atoms with Crippen LogP contribution in [0, 0.1) is 17.5 Å². The molecule has 172 valence electrons. The molecule has 32 heavy (non-hydrogen) atoms. The molecule has 5 nitrogen and oxygen atoms in total. The molecule has 1 fully saturated rings. The van der Waals surface area contributed by atoms with Crippen molar-refractivity contribution >= 4 is 21.4 Å². The minimum absolute atomic E-state index is 0.196. The number of sulfone groups is 1. The standard InChI is InChI=1S/C23H25F3N2O3S/c1-15(11-13-32(2,30)31)27-23(29)17-10-9-16(14-20(17)25)28-12-4-3-8-21(28)18-6-5-7-19(24)22(18)26/h5-7,9-11,13-15,21H,3-4,8,12H2,1-2H3,(H,27,29)/b13-11+/t15-,21-/m1/s1. The van der Waals surface area contributed by atoms with Crippen molar-refractivity contribution in [3.8, 4) is 0 Å². The molecule has 1 saturated heterocycles. The first-order chi connectivity index (χ1) is 15.1. The van der Waals surface area contributed by atoms with E-state index in [1.54, 1.807) is 13.0 Å². The van der Waals surface area contributed by atoms with E-state index in [-0.39, 0.29) is 11.1 Å². The topological polar surface area (TPSA) is 66.5 Å². The van der Waals surface area contributed by atoms with Gasteiger partial charge in [-0.05, 0) is 50.5 Å². The first kappa shape index (κ1) is 23.8. The third-order valence-corrected chi connectivity index (χ3v) is 6.00. The molecule has 1 amide bonds. The third-order valence-electron chi connectivity index (χ3n) is 5.35. The van der Waals surface area contributed by atoms with Crippen molar-refractivity contribution in [2.24, 2.45) is 0 Å². The number of nitrogens with one attached hydrogen (secondary N) is 1. The molecule has 0 spiro atoms. The van der Waals surface area contributed by atoms with E-state index >= 15 is 0 Å². The van der Waals surface area contributed by atoms with Gasteiger partial charge in [-0.25, -0.2) is 21.6 Å². The van der Waals surface area contributed by atoms with Crippen molar-refractivity contribution < 1.29 is 26.4 Å². The lowest BCUT2D eigenvalue weighted by Crippen LogP contribution is -2.34. The van der Waals surface area contributed by atoms with Gasteiger partial charge < -0.3 is 10.2 Å². The summed E-state index contributed by atoms with van der Waals surface area (Å²) in [6.45, 7) is 2.11. The number of halogens is 3. The molecular formula is C23H25F3N2O3S. The molecule has 1 aliphatic rings.